The van der Waals surface area contributed by atoms with Gasteiger partial charge in [0.15, 0.2) is 0 Å². The van der Waals surface area contributed by atoms with Gasteiger partial charge in [0.1, 0.15) is 5.60 Å². The van der Waals surface area contributed by atoms with E-state index in [0.717, 1.165) is 25.8 Å². The SMILES string of the molecule is CC(C)C1=CCN(C(=O)OC2(C)CCC2)CC1. The maximum Gasteiger partial charge on any atom is 0.410 e. The first-order valence-corrected chi connectivity index (χ1v) is 6.67. The summed E-state index contributed by atoms with van der Waals surface area (Å²) in [7, 11) is 0. The van der Waals surface area contributed by atoms with Crippen molar-refractivity contribution in [3.63, 3.8) is 0 Å². The molecule has 0 aromatic carbocycles. The first kappa shape index (κ1) is 12.5. The third kappa shape index (κ3) is 2.82. The highest BCUT2D eigenvalue weighted by Crippen LogP contribution is 2.35. The molecule has 0 unspecified atom stereocenters. The lowest BCUT2D eigenvalue weighted by Gasteiger charge is -2.39. The molecule has 0 saturated heterocycles. The summed E-state index contributed by atoms with van der Waals surface area (Å²) in [6, 6.07) is 0. The number of nitrogens with zero attached hydrogens (tertiary/aromatic N) is 1. The lowest BCUT2D eigenvalue weighted by molar-refractivity contribution is -0.0469. The molecular formula is C14H23NO2. The van der Waals surface area contributed by atoms with Crippen LogP contribution in [0.15, 0.2) is 11.6 Å². The van der Waals surface area contributed by atoms with Gasteiger partial charge in [-0.1, -0.05) is 25.5 Å². The third-order valence-electron chi connectivity index (χ3n) is 3.99. The maximum atomic E-state index is 12.0. The lowest BCUT2D eigenvalue weighted by Crippen LogP contribution is -2.44. The minimum absolute atomic E-state index is 0.133. The highest BCUT2D eigenvalue weighted by molar-refractivity contribution is 5.68. The van der Waals surface area contributed by atoms with E-state index in [9.17, 15) is 4.79 Å². The molecule has 0 aromatic heterocycles. The molecule has 3 heteroatoms. The van der Waals surface area contributed by atoms with Gasteiger partial charge in [-0.05, 0) is 38.5 Å². The molecule has 0 aromatic rings. The Morgan fingerprint density at radius 3 is 2.59 bits per heavy atom. The standard InChI is InChI=1S/C14H23NO2/c1-11(2)12-5-9-15(10-6-12)13(16)17-14(3)7-4-8-14/h5,11H,4,6-10H2,1-3H3. The number of carbonyl (C=O) groups is 1. The summed E-state index contributed by atoms with van der Waals surface area (Å²) >= 11 is 0. The quantitative estimate of drug-likeness (QED) is 0.689. The largest absolute Gasteiger partial charge is 0.443 e. The third-order valence-corrected chi connectivity index (χ3v) is 3.99. The molecule has 2 aliphatic rings. The van der Waals surface area contributed by atoms with E-state index in [0.29, 0.717) is 12.5 Å². The minimum atomic E-state index is -0.181. The molecule has 0 spiro atoms. The Bertz CT molecular complexity index is 329. The molecule has 0 radical (unpaired) electrons. The van der Waals surface area contributed by atoms with E-state index < -0.39 is 0 Å². The predicted molar refractivity (Wildman–Crippen MR) is 67.8 cm³/mol. The summed E-state index contributed by atoms with van der Waals surface area (Å²) in [5, 5.41) is 0. The van der Waals surface area contributed by atoms with Gasteiger partial charge in [0.05, 0.1) is 0 Å². The summed E-state index contributed by atoms with van der Waals surface area (Å²) in [5.74, 6) is 0.595. The van der Waals surface area contributed by atoms with Crippen LogP contribution >= 0.6 is 0 Å². The van der Waals surface area contributed by atoms with Gasteiger partial charge in [-0.25, -0.2) is 4.79 Å². The normalized spacial score (nSPS) is 23.1. The van der Waals surface area contributed by atoms with Crippen molar-refractivity contribution in [1.82, 2.24) is 4.90 Å². The van der Waals surface area contributed by atoms with Crippen LogP contribution in [0.5, 0.6) is 0 Å². The van der Waals surface area contributed by atoms with Gasteiger partial charge in [0, 0.05) is 13.1 Å². The summed E-state index contributed by atoms with van der Waals surface area (Å²) in [4.78, 5) is 13.8. The number of rotatable bonds is 2. The van der Waals surface area contributed by atoms with E-state index in [4.69, 9.17) is 4.74 Å². The molecular weight excluding hydrogens is 214 g/mol. The van der Waals surface area contributed by atoms with Gasteiger partial charge in [-0.3, -0.25) is 0 Å². The minimum Gasteiger partial charge on any atom is -0.443 e. The topological polar surface area (TPSA) is 29.5 Å². The zero-order valence-electron chi connectivity index (χ0n) is 11.2. The summed E-state index contributed by atoms with van der Waals surface area (Å²) in [6.07, 6.45) is 6.24. The van der Waals surface area contributed by atoms with Crippen molar-refractivity contribution in [1.29, 1.82) is 0 Å². The van der Waals surface area contributed by atoms with E-state index in [-0.39, 0.29) is 11.7 Å². The van der Waals surface area contributed by atoms with Crippen molar-refractivity contribution in [2.24, 2.45) is 5.92 Å². The Morgan fingerprint density at radius 2 is 2.18 bits per heavy atom. The van der Waals surface area contributed by atoms with Crippen LogP contribution in [-0.4, -0.2) is 29.7 Å². The molecule has 1 saturated carbocycles. The van der Waals surface area contributed by atoms with Crippen molar-refractivity contribution >= 4 is 6.09 Å². The Hall–Kier alpha value is -0.990. The smallest absolute Gasteiger partial charge is 0.410 e. The molecule has 2 rings (SSSR count). The van der Waals surface area contributed by atoms with Crippen molar-refractivity contribution < 1.29 is 9.53 Å². The fraction of sp³-hybridized carbons (Fsp3) is 0.786. The molecule has 1 aliphatic heterocycles. The first-order valence-electron chi connectivity index (χ1n) is 6.67. The van der Waals surface area contributed by atoms with E-state index in [1.54, 1.807) is 0 Å². The van der Waals surface area contributed by atoms with Gasteiger partial charge < -0.3 is 9.64 Å². The molecule has 0 bridgehead atoms. The predicted octanol–water partition coefficient (Wildman–Crippen LogP) is 3.35. The number of hydrogen-bond donors (Lipinski definition) is 0. The molecule has 96 valence electrons. The number of ether oxygens (including phenoxy) is 1. The fourth-order valence-corrected chi connectivity index (χ4v) is 2.43. The number of hydrogen-bond acceptors (Lipinski definition) is 2. The second-order valence-electron chi connectivity index (χ2n) is 5.80. The molecule has 1 aliphatic carbocycles. The Balaban J connectivity index is 1.86. The van der Waals surface area contributed by atoms with E-state index in [1.807, 2.05) is 11.8 Å². The second-order valence-corrected chi connectivity index (χ2v) is 5.80. The second kappa shape index (κ2) is 4.71. The van der Waals surface area contributed by atoms with Crippen LogP contribution in [0.25, 0.3) is 0 Å². The van der Waals surface area contributed by atoms with Crippen LogP contribution in [0, 0.1) is 5.92 Å². The monoisotopic (exact) mass is 237 g/mol. The van der Waals surface area contributed by atoms with Gasteiger partial charge in [-0.15, -0.1) is 0 Å². The first-order chi connectivity index (χ1) is 8.00. The zero-order chi connectivity index (χ0) is 12.5. The fourth-order valence-electron chi connectivity index (χ4n) is 2.43. The summed E-state index contributed by atoms with van der Waals surface area (Å²) in [5.41, 5.74) is 1.28. The van der Waals surface area contributed by atoms with Crippen molar-refractivity contribution in [2.75, 3.05) is 13.1 Å². The molecule has 1 heterocycles. The van der Waals surface area contributed by atoms with Gasteiger partial charge in [-0.2, -0.15) is 0 Å². The van der Waals surface area contributed by atoms with Crippen LogP contribution < -0.4 is 0 Å². The van der Waals surface area contributed by atoms with Crippen molar-refractivity contribution in [3.8, 4) is 0 Å². The Kier molecular flexibility index (Phi) is 3.45. The summed E-state index contributed by atoms with van der Waals surface area (Å²) in [6.45, 7) is 7.96. The highest BCUT2D eigenvalue weighted by atomic mass is 16.6. The highest BCUT2D eigenvalue weighted by Gasteiger charge is 2.37. The number of amides is 1. The van der Waals surface area contributed by atoms with Crippen LogP contribution in [0.4, 0.5) is 4.79 Å². The van der Waals surface area contributed by atoms with Crippen molar-refractivity contribution in [3.05, 3.63) is 11.6 Å². The number of carbonyl (C=O) groups excluding carboxylic acids is 1. The molecule has 0 N–H and O–H groups in total. The average molecular weight is 237 g/mol. The maximum absolute atomic E-state index is 12.0. The molecule has 1 amide bonds. The molecule has 0 atom stereocenters. The van der Waals surface area contributed by atoms with Gasteiger partial charge >= 0.3 is 6.09 Å². The van der Waals surface area contributed by atoms with Crippen LogP contribution in [0.2, 0.25) is 0 Å². The van der Waals surface area contributed by atoms with E-state index in [1.165, 1.54) is 12.0 Å². The molecule has 3 nitrogen and oxygen atoms in total. The van der Waals surface area contributed by atoms with Crippen LogP contribution in [0.1, 0.15) is 46.5 Å². The lowest BCUT2D eigenvalue weighted by atomic mass is 9.82. The average Bonchev–Trinajstić information content (AvgIpc) is 2.27. The summed E-state index contributed by atoms with van der Waals surface area (Å²) < 4.78 is 5.57. The van der Waals surface area contributed by atoms with Crippen LogP contribution in [0.3, 0.4) is 0 Å². The van der Waals surface area contributed by atoms with Gasteiger partial charge in [0.2, 0.25) is 0 Å². The van der Waals surface area contributed by atoms with Crippen LogP contribution in [-0.2, 0) is 4.74 Å². The Morgan fingerprint density at radius 1 is 1.47 bits per heavy atom. The van der Waals surface area contributed by atoms with Crippen molar-refractivity contribution in [2.45, 2.75) is 52.1 Å². The molecule has 1 fully saturated rings. The Labute approximate surface area is 104 Å². The van der Waals surface area contributed by atoms with E-state index >= 15 is 0 Å². The van der Waals surface area contributed by atoms with Gasteiger partial charge in [0.25, 0.3) is 0 Å². The van der Waals surface area contributed by atoms with E-state index in [2.05, 4.69) is 19.9 Å². The zero-order valence-corrected chi connectivity index (χ0v) is 11.2. The molecule has 17 heavy (non-hydrogen) atoms.